The molecule has 0 aliphatic carbocycles. The van der Waals surface area contributed by atoms with E-state index in [1.54, 1.807) is 11.8 Å². The molecule has 1 aliphatic rings. The van der Waals surface area contributed by atoms with Gasteiger partial charge in [0.2, 0.25) is 0 Å². The smallest absolute Gasteiger partial charge is 0.341 e. The Morgan fingerprint density at radius 3 is 2.53 bits per heavy atom. The van der Waals surface area contributed by atoms with Gasteiger partial charge in [0.1, 0.15) is 11.3 Å². The molecule has 0 atom stereocenters. The maximum Gasteiger partial charge on any atom is 0.341 e. The van der Waals surface area contributed by atoms with Gasteiger partial charge in [0.25, 0.3) is 0 Å². The van der Waals surface area contributed by atoms with Crippen molar-refractivity contribution < 1.29 is 14.6 Å². The second kappa shape index (κ2) is 8.18. The molecular formula is C24H28N4O4. The zero-order valence-electron chi connectivity index (χ0n) is 19.0. The molecule has 32 heavy (non-hydrogen) atoms. The summed E-state index contributed by atoms with van der Waals surface area (Å²) in [6, 6.07) is 5.49. The zero-order valence-corrected chi connectivity index (χ0v) is 19.0. The van der Waals surface area contributed by atoms with Gasteiger partial charge in [0.05, 0.1) is 25.5 Å². The number of hydrogen-bond acceptors (Lipinski definition) is 5. The Morgan fingerprint density at radius 1 is 1.16 bits per heavy atom. The summed E-state index contributed by atoms with van der Waals surface area (Å²) in [5.74, 6) is -0.0726. The van der Waals surface area contributed by atoms with Gasteiger partial charge in [-0.2, -0.15) is 5.10 Å². The number of aromatic nitrogens is 3. The molecule has 0 saturated heterocycles. The van der Waals surface area contributed by atoms with Crippen molar-refractivity contribution in [1.82, 2.24) is 14.5 Å². The van der Waals surface area contributed by atoms with Crippen LogP contribution in [-0.4, -0.2) is 38.7 Å². The lowest BCUT2D eigenvalue weighted by molar-refractivity contribution is 0.0694. The molecule has 0 bridgehead atoms. The normalized spacial score (nSPS) is 12.8. The molecule has 0 spiro atoms. The van der Waals surface area contributed by atoms with Gasteiger partial charge < -0.3 is 14.9 Å². The van der Waals surface area contributed by atoms with Gasteiger partial charge in [-0.3, -0.25) is 14.2 Å². The van der Waals surface area contributed by atoms with E-state index in [1.807, 2.05) is 42.0 Å². The van der Waals surface area contributed by atoms with E-state index in [4.69, 9.17) is 4.74 Å². The van der Waals surface area contributed by atoms with Gasteiger partial charge in [-0.1, -0.05) is 13.8 Å². The fourth-order valence-electron chi connectivity index (χ4n) is 4.14. The molecule has 3 heterocycles. The van der Waals surface area contributed by atoms with Crippen LogP contribution in [0.2, 0.25) is 0 Å². The fourth-order valence-corrected chi connectivity index (χ4v) is 4.14. The first-order chi connectivity index (χ1) is 15.2. The van der Waals surface area contributed by atoms with Crippen LogP contribution in [0.1, 0.15) is 43.6 Å². The van der Waals surface area contributed by atoms with Crippen LogP contribution in [-0.2, 0) is 13.1 Å². The first-order valence-corrected chi connectivity index (χ1v) is 10.7. The highest BCUT2D eigenvalue weighted by Gasteiger charge is 2.27. The summed E-state index contributed by atoms with van der Waals surface area (Å²) in [4.78, 5) is 24.0. The molecule has 8 nitrogen and oxygen atoms in total. The summed E-state index contributed by atoms with van der Waals surface area (Å²) < 4.78 is 9.41. The van der Waals surface area contributed by atoms with E-state index in [2.05, 4.69) is 25.0 Å². The molecule has 0 radical (unpaired) electrons. The van der Waals surface area contributed by atoms with Crippen molar-refractivity contribution in [3.63, 3.8) is 0 Å². The van der Waals surface area contributed by atoms with Crippen molar-refractivity contribution >= 4 is 5.97 Å². The Bertz CT molecular complexity index is 1240. The molecule has 0 fully saturated rings. The first kappa shape index (κ1) is 21.7. The quantitative estimate of drug-likeness (QED) is 0.635. The van der Waals surface area contributed by atoms with Crippen LogP contribution in [0.4, 0.5) is 0 Å². The van der Waals surface area contributed by atoms with Crippen LogP contribution >= 0.6 is 0 Å². The highest BCUT2D eigenvalue weighted by Crippen LogP contribution is 2.39. The lowest BCUT2D eigenvalue weighted by Gasteiger charge is -2.38. The fraction of sp³-hybridized carbons (Fsp3) is 0.375. The Kier molecular flexibility index (Phi) is 5.54. The number of carboxylic acids is 1. The minimum Gasteiger partial charge on any atom is -0.496 e. The summed E-state index contributed by atoms with van der Waals surface area (Å²) in [7, 11) is 1.62. The van der Waals surface area contributed by atoms with E-state index in [0.717, 1.165) is 28.8 Å². The third-order valence-electron chi connectivity index (χ3n) is 5.66. The summed E-state index contributed by atoms with van der Waals surface area (Å²) >= 11 is 0. The molecule has 1 N–H and O–H groups in total. The number of rotatable bonds is 6. The van der Waals surface area contributed by atoms with Gasteiger partial charge in [-0.25, -0.2) is 4.79 Å². The standard InChI is InChI=1S/C24H28N4O4/c1-14(2)10-26-11-17(9-25-26)19-6-16-12-27(15(3)4)28-13-20(24(30)31)22(29)8-21(28)18(16)7-23(19)32-5/h6-9,11,13-15H,10,12H2,1-5H3,(H,30,31). The highest BCUT2D eigenvalue weighted by molar-refractivity contribution is 5.88. The monoisotopic (exact) mass is 436 g/mol. The van der Waals surface area contributed by atoms with Crippen molar-refractivity contribution in [3.05, 3.63) is 58.1 Å². The maximum atomic E-state index is 12.5. The predicted molar refractivity (Wildman–Crippen MR) is 123 cm³/mol. The van der Waals surface area contributed by atoms with Crippen molar-refractivity contribution in [2.75, 3.05) is 12.1 Å². The highest BCUT2D eigenvalue weighted by atomic mass is 16.5. The van der Waals surface area contributed by atoms with E-state index in [9.17, 15) is 14.7 Å². The van der Waals surface area contributed by atoms with E-state index in [-0.39, 0.29) is 11.6 Å². The minimum atomic E-state index is -1.23. The third kappa shape index (κ3) is 3.77. The molecule has 168 valence electrons. The number of carbonyl (C=O) groups is 1. The van der Waals surface area contributed by atoms with Gasteiger partial charge >= 0.3 is 5.97 Å². The maximum absolute atomic E-state index is 12.5. The second-order valence-corrected chi connectivity index (χ2v) is 8.83. The van der Waals surface area contributed by atoms with E-state index < -0.39 is 11.4 Å². The average molecular weight is 437 g/mol. The Hall–Kier alpha value is -3.55. The largest absolute Gasteiger partial charge is 0.496 e. The number of methoxy groups -OCH3 is 1. The van der Waals surface area contributed by atoms with Crippen LogP contribution in [0.15, 0.2) is 41.6 Å². The van der Waals surface area contributed by atoms with Crippen molar-refractivity contribution in [1.29, 1.82) is 0 Å². The minimum absolute atomic E-state index is 0.0883. The topological polar surface area (TPSA) is 89.6 Å². The van der Waals surface area contributed by atoms with E-state index in [1.165, 1.54) is 12.3 Å². The molecule has 0 unspecified atom stereocenters. The Labute approximate surface area is 186 Å². The molecule has 1 aromatic carbocycles. The lowest BCUT2D eigenvalue weighted by atomic mass is 9.95. The molecular weight excluding hydrogens is 408 g/mol. The number of ether oxygens (including phenoxy) is 1. The number of benzene rings is 1. The first-order valence-electron chi connectivity index (χ1n) is 10.7. The second-order valence-electron chi connectivity index (χ2n) is 8.83. The SMILES string of the molecule is COc1cc2c(cc1-c1cnn(CC(C)C)c1)CN(C(C)C)n1cc(C(=O)O)c(=O)cc1-2. The molecule has 4 rings (SSSR count). The van der Waals surface area contributed by atoms with E-state index in [0.29, 0.717) is 23.9 Å². The van der Waals surface area contributed by atoms with Crippen molar-refractivity contribution in [2.24, 2.45) is 5.92 Å². The number of aromatic carboxylic acids is 1. The molecule has 2 aromatic heterocycles. The van der Waals surface area contributed by atoms with E-state index >= 15 is 0 Å². The summed E-state index contributed by atoms with van der Waals surface area (Å²) in [5.41, 5.74) is 3.67. The Balaban J connectivity index is 1.89. The van der Waals surface area contributed by atoms with Gasteiger partial charge in [-0.15, -0.1) is 0 Å². The molecule has 8 heteroatoms. The number of fused-ring (bicyclic) bond motifs is 3. The van der Waals surface area contributed by atoms with Crippen molar-refractivity contribution in [3.8, 4) is 28.1 Å². The summed E-state index contributed by atoms with van der Waals surface area (Å²) in [6.07, 6.45) is 5.28. The van der Waals surface area contributed by atoms with Crippen LogP contribution in [0.25, 0.3) is 22.4 Å². The summed E-state index contributed by atoms with van der Waals surface area (Å²) in [5, 5.41) is 16.0. The van der Waals surface area contributed by atoms with Crippen molar-refractivity contribution in [2.45, 2.75) is 46.8 Å². The predicted octanol–water partition coefficient (Wildman–Crippen LogP) is 3.60. The molecule has 3 aromatic rings. The van der Waals surface area contributed by atoms with Gasteiger partial charge in [0.15, 0.2) is 5.43 Å². The summed E-state index contributed by atoms with van der Waals surface area (Å²) in [6.45, 7) is 9.77. The molecule has 0 saturated carbocycles. The number of carboxylic acid groups (broad SMARTS) is 1. The molecule has 1 aliphatic heterocycles. The van der Waals surface area contributed by atoms with Crippen LogP contribution in [0, 0.1) is 5.92 Å². The average Bonchev–Trinajstić information content (AvgIpc) is 3.18. The Morgan fingerprint density at radius 2 is 1.91 bits per heavy atom. The zero-order chi connectivity index (χ0) is 23.2. The van der Waals surface area contributed by atoms with Gasteiger partial charge in [0, 0.05) is 47.7 Å². The van der Waals surface area contributed by atoms with Crippen LogP contribution in [0.3, 0.4) is 0 Å². The lowest BCUT2D eigenvalue weighted by Crippen LogP contribution is -2.44. The van der Waals surface area contributed by atoms with Crippen LogP contribution < -0.4 is 15.2 Å². The number of nitrogens with zero attached hydrogens (tertiary/aromatic N) is 4. The molecule has 0 amide bonds. The third-order valence-corrected chi connectivity index (χ3v) is 5.66. The van der Waals surface area contributed by atoms with Crippen LogP contribution in [0.5, 0.6) is 5.75 Å². The number of hydrogen-bond donors (Lipinski definition) is 1. The number of pyridine rings is 1. The van der Waals surface area contributed by atoms with Gasteiger partial charge in [-0.05, 0) is 37.5 Å².